The summed E-state index contributed by atoms with van der Waals surface area (Å²) >= 11 is 0. The molecule has 1 aromatic rings. The predicted octanol–water partition coefficient (Wildman–Crippen LogP) is 0.605. The zero-order valence-electron chi connectivity index (χ0n) is 13.2. The van der Waals surface area contributed by atoms with E-state index in [0.29, 0.717) is 25.2 Å². The van der Waals surface area contributed by atoms with Crippen molar-refractivity contribution in [3.63, 3.8) is 0 Å². The van der Waals surface area contributed by atoms with Gasteiger partial charge in [-0.05, 0) is 37.6 Å². The molecule has 1 aliphatic rings. The molecule has 0 aromatic heterocycles. The zero-order chi connectivity index (χ0) is 17.7. The lowest BCUT2D eigenvalue weighted by Gasteiger charge is -2.22. The van der Waals surface area contributed by atoms with Gasteiger partial charge in [-0.1, -0.05) is 0 Å². The van der Waals surface area contributed by atoms with Crippen molar-refractivity contribution in [3.8, 4) is 0 Å². The molecule has 8 nitrogen and oxygen atoms in total. The highest BCUT2D eigenvalue weighted by Gasteiger charge is 2.30. The van der Waals surface area contributed by atoms with Crippen LogP contribution >= 0.6 is 0 Å². The molecule has 0 radical (unpaired) electrons. The summed E-state index contributed by atoms with van der Waals surface area (Å²) in [6, 6.07) is 3.50. The molecule has 0 saturated carbocycles. The minimum Gasteiger partial charge on any atom is -0.351 e. The lowest BCUT2D eigenvalue weighted by molar-refractivity contribution is -0.124. The highest BCUT2D eigenvalue weighted by atomic mass is 19.1. The topological polar surface area (TPSA) is 117 Å². The third-order valence-electron chi connectivity index (χ3n) is 3.83. The summed E-state index contributed by atoms with van der Waals surface area (Å²) < 4.78 is 12.8. The van der Waals surface area contributed by atoms with Crippen molar-refractivity contribution >= 4 is 23.7 Å². The predicted molar refractivity (Wildman–Crippen MR) is 85.7 cm³/mol. The summed E-state index contributed by atoms with van der Waals surface area (Å²) in [6.07, 6.45) is 0.672. The van der Waals surface area contributed by atoms with Gasteiger partial charge < -0.3 is 16.4 Å². The monoisotopic (exact) mass is 337 g/mol. The first-order chi connectivity index (χ1) is 11.3. The van der Waals surface area contributed by atoms with Crippen LogP contribution < -0.4 is 21.7 Å². The second-order valence-electron chi connectivity index (χ2n) is 5.62. The van der Waals surface area contributed by atoms with E-state index >= 15 is 0 Å². The Labute approximate surface area is 138 Å². The quantitative estimate of drug-likeness (QED) is 0.644. The molecule has 0 aliphatic carbocycles. The van der Waals surface area contributed by atoms with Crippen LogP contribution in [0.25, 0.3) is 0 Å². The SMILES string of the molecule is C[C@H](C(=O)NC(N)=O)N1CC[C@@H](NC(=O)Nc2ccc(F)cc2)C1. The lowest BCUT2D eigenvalue weighted by Crippen LogP contribution is -2.48. The van der Waals surface area contributed by atoms with Gasteiger partial charge in [-0.2, -0.15) is 0 Å². The molecule has 1 saturated heterocycles. The van der Waals surface area contributed by atoms with E-state index in [-0.39, 0.29) is 11.9 Å². The Hall–Kier alpha value is -2.68. The fourth-order valence-electron chi connectivity index (χ4n) is 2.53. The van der Waals surface area contributed by atoms with Gasteiger partial charge in [-0.25, -0.2) is 14.0 Å². The van der Waals surface area contributed by atoms with E-state index in [1.807, 2.05) is 10.2 Å². The van der Waals surface area contributed by atoms with Gasteiger partial charge in [0.15, 0.2) is 0 Å². The van der Waals surface area contributed by atoms with Gasteiger partial charge in [0, 0.05) is 24.8 Å². The number of primary amides is 1. The average molecular weight is 337 g/mol. The van der Waals surface area contributed by atoms with Gasteiger partial charge in [0.05, 0.1) is 6.04 Å². The molecule has 9 heteroatoms. The molecule has 0 bridgehead atoms. The molecule has 1 aliphatic heterocycles. The Morgan fingerprint density at radius 1 is 1.29 bits per heavy atom. The van der Waals surface area contributed by atoms with Crippen LogP contribution in [0.4, 0.5) is 19.7 Å². The Balaban J connectivity index is 1.80. The number of nitrogens with one attached hydrogen (secondary N) is 3. The van der Waals surface area contributed by atoms with E-state index in [2.05, 4.69) is 10.6 Å². The number of likely N-dealkylation sites (tertiary alicyclic amines) is 1. The molecule has 1 fully saturated rings. The number of urea groups is 2. The Bertz CT molecular complexity index is 622. The van der Waals surface area contributed by atoms with Gasteiger partial charge in [-0.15, -0.1) is 0 Å². The van der Waals surface area contributed by atoms with E-state index in [1.54, 1.807) is 6.92 Å². The summed E-state index contributed by atoms with van der Waals surface area (Å²) in [4.78, 5) is 36.3. The van der Waals surface area contributed by atoms with Crippen LogP contribution in [0.15, 0.2) is 24.3 Å². The molecule has 0 spiro atoms. The minimum atomic E-state index is -0.889. The summed E-state index contributed by atoms with van der Waals surface area (Å²) in [6.45, 7) is 2.75. The molecule has 5 N–H and O–H groups in total. The molecule has 2 atom stereocenters. The van der Waals surface area contributed by atoms with E-state index in [0.717, 1.165) is 0 Å². The first-order valence-electron chi connectivity index (χ1n) is 7.52. The highest BCUT2D eigenvalue weighted by Crippen LogP contribution is 2.14. The summed E-state index contributed by atoms with van der Waals surface area (Å²) in [5, 5.41) is 7.45. The Morgan fingerprint density at radius 2 is 1.96 bits per heavy atom. The van der Waals surface area contributed by atoms with Crippen molar-refractivity contribution in [3.05, 3.63) is 30.1 Å². The van der Waals surface area contributed by atoms with Gasteiger partial charge in [0.2, 0.25) is 5.91 Å². The number of carbonyl (C=O) groups excluding carboxylic acids is 3. The molecule has 5 amide bonds. The summed E-state index contributed by atoms with van der Waals surface area (Å²) in [7, 11) is 0. The van der Waals surface area contributed by atoms with Crippen LogP contribution in [0.2, 0.25) is 0 Å². The fraction of sp³-hybridized carbons (Fsp3) is 0.400. The van der Waals surface area contributed by atoms with Gasteiger partial charge in [0.1, 0.15) is 5.82 Å². The number of nitrogens with zero attached hydrogens (tertiary/aromatic N) is 1. The molecule has 24 heavy (non-hydrogen) atoms. The lowest BCUT2D eigenvalue weighted by atomic mass is 10.2. The van der Waals surface area contributed by atoms with Crippen molar-refractivity contribution in [2.24, 2.45) is 5.73 Å². The summed E-state index contributed by atoms with van der Waals surface area (Å²) in [5.41, 5.74) is 5.41. The van der Waals surface area contributed by atoms with Gasteiger partial charge >= 0.3 is 12.1 Å². The molecule has 130 valence electrons. The average Bonchev–Trinajstić information content (AvgIpc) is 2.96. The van der Waals surface area contributed by atoms with E-state index in [4.69, 9.17) is 5.73 Å². The van der Waals surface area contributed by atoms with E-state index in [1.165, 1.54) is 24.3 Å². The third-order valence-corrected chi connectivity index (χ3v) is 3.83. The first-order valence-corrected chi connectivity index (χ1v) is 7.52. The van der Waals surface area contributed by atoms with Crippen molar-refractivity contribution in [1.82, 2.24) is 15.5 Å². The van der Waals surface area contributed by atoms with Crippen LogP contribution in [0.5, 0.6) is 0 Å². The number of hydrogen-bond donors (Lipinski definition) is 4. The number of nitrogens with two attached hydrogens (primary N) is 1. The Kier molecular flexibility index (Phi) is 5.69. The second-order valence-corrected chi connectivity index (χ2v) is 5.62. The fourth-order valence-corrected chi connectivity index (χ4v) is 2.53. The largest absolute Gasteiger partial charge is 0.351 e. The number of amides is 5. The van der Waals surface area contributed by atoms with Crippen molar-refractivity contribution in [1.29, 1.82) is 0 Å². The van der Waals surface area contributed by atoms with Crippen LogP contribution in [0.1, 0.15) is 13.3 Å². The number of carbonyl (C=O) groups is 3. The Morgan fingerprint density at radius 3 is 2.58 bits per heavy atom. The number of imide groups is 1. The van der Waals surface area contributed by atoms with Crippen LogP contribution in [-0.2, 0) is 4.79 Å². The standard InChI is InChI=1S/C15H20FN5O3/c1-9(13(22)20-14(17)23)21-7-6-12(8-21)19-15(24)18-11-4-2-10(16)3-5-11/h2-5,9,12H,6-8H2,1H3,(H2,18,19,24)(H3,17,20,22,23)/t9-,12-/m1/s1. The molecular formula is C15H20FN5O3. The van der Waals surface area contributed by atoms with Crippen molar-refractivity contribution in [2.45, 2.75) is 25.4 Å². The number of anilines is 1. The first kappa shape index (κ1) is 17.7. The maximum atomic E-state index is 12.8. The molecule has 0 unspecified atom stereocenters. The van der Waals surface area contributed by atoms with Gasteiger partial charge in [0.25, 0.3) is 0 Å². The van der Waals surface area contributed by atoms with Crippen molar-refractivity contribution < 1.29 is 18.8 Å². The molecule has 1 aromatic carbocycles. The molecule has 2 rings (SSSR count). The molecular weight excluding hydrogens is 317 g/mol. The number of halogens is 1. The van der Waals surface area contributed by atoms with Crippen molar-refractivity contribution in [2.75, 3.05) is 18.4 Å². The van der Waals surface area contributed by atoms with Crippen LogP contribution in [0.3, 0.4) is 0 Å². The smallest absolute Gasteiger partial charge is 0.319 e. The van der Waals surface area contributed by atoms with E-state index in [9.17, 15) is 18.8 Å². The number of hydrogen-bond acceptors (Lipinski definition) is 4. The highest BCUT2D eigenvalue weighted by molar-refractivity contribution is 5.96. The van der Waals surface area contributed by atoms with Crippen LogP contribution in [0, 0.1) is 5.82 Å². The normalized spacial score (nSPS) is 18.7. The maximum absolute atomic E-state index is 12.8. The third kappa shape index (κ3) is 4.92. The minimum absolute atomic E-state index is 0.130. The van der Waals surface area contributed by atoms with Crippen LogP contribution in [-0.4, -0.2) is 48.0 Å². The van der Waals surface area contributed by atoms with E-state index < -0.39 is 24.0 Å². The zero-order valence-corrected chi connectivity index (χ0v) is 13.2. The summed E-state index contributed by atoms with van der Waals surface area (Å²) in [5.74, 6) is -0.852. The maximum Gasteiger partial charge on any atom is 0.319 e. The second kappa shape index (κ2) is 7.73. The van der Waals surface area contributed by atoms with Gasteiger partial charge in [-0.3, -0.25) is 15.0 Å². The number of rotatable bonds is 4. The molecule has 1 heterocycles. The number of benzene rings is 1.